The van der Waals surface area contributed by atoms with Crippen molar-refractivity contribution in [3.63, 3.8) is 0 Å². The minimum atomic E-state index is -0.648. The number of fused-ring (bicyclic) bond motifs is 1. The predicted molar refractivity (Wildman–Crippen MR) is 129 cm³/mol. The first-order chi connectivity index (χ1) is 14.4. The summed E-state index contributed by atoms with van der Waals surface area (Å²) in [4.78, 5) is 0. The van der Waals surface area contributed by atoms with Crippen LogP contribution in [0.5, 0.6) is 0 Å². The number of hydrogen-bond donors (Lipinski definition) is 3. The van der Waals surface area contributed by atoms with E-state index in [1.807, 2.05) is 20.8 Å². The van der Waals surface area contributed by atoms with Crippen LogP contribution in [0.25, 0.3) is 0 Å². The third kappa shape index (κ3) is 5.37. The molecular weight excluding hydrogens is 384 g/mol. The quantitative estimate of drug-likeness (QED) is 0.488. The van der Waals surface area contributed by atoms with E-state index in [0.29, 0.717) is 23.7 Å². The van der Waals surface area contributed by atoms with Crippen LogP contribution in [-0.4, -0.2) is 33.1 Å². The minimum Gasteiger partial charge on any atom is -0.392 e. The Morgan fingerprint density at radius 3 is 2.61 bits per heavy atom. The van der Waals surface area contributed by atoms with Gasteiger partial charge in [-0.25, -0.2) is 0 Å². The summed E-state index contributed by atoms with van der Waals surface area (Å²) in [6.45, 7) is 14.8. The Bertz CT molecular complexity index is 712. The topological polar surface area (TPSA) is 60.7 Å². The van der Waals surface area contributed by atoms with Crippen LogP contribution in [0.3, 0.4) is 0 Å². The number of rotatable bonds is 6. The van der Waals surface area contributed by atoms with Crippen molar-refractivity contribution in [2.45, 2.75) is 110 Å². The fourth-order valence-electron chi connectivity index (χ4n) is 6.91. The summed E-state index contributed by atoms with van der Waals surface area (Å²) in [7, 11) is 0. The first kappa shape index (κ1) is 24.7. The van der Waals surface area contributed by atoms with E-state index in [9.17, 15) is 15.3 Å². The van der Waals surface area contributed by atoms with E-state index in [1.165, 1.54) is 32.1 Å². The molecule has 0 heterocycles. The standard InChI is InChI=1S/C28H46O3/c1-18(9-7-15-27(4,5)31)23-13-14-24-21(10-8-16-28(23,24)6)11-12-22-17-25(29)20(3)26(30)19(22)2/h11-12,18,20,23-26,29-31H,2,7-10,13-17H2,1,3-6H3/t18-,20+,23+,24-,25-,26-,28+/m0/s1. The predicted octanol–water partition coefficient (Wildman–Crippen LogP) is 5.95. The van der Waals surface area contributed by atoms with Gasteiger partial charge in [-0.05, 0) is 93.1 Å². The Hall–Kier alpha value is -0.900. The zero-order valence-corrected chi connectivity index (χ0v) is 20.5. The third-order valence-corrected chi connectivity index (χ3v) is 8.97. The fourth-order valence-corrected chi connectivity index (χ4v) is 6.91. The lowest BCUT2D eigenvalue weighted by atomic mass is 9.60. The molecule has 176 valence electrons. The minimum absolute atomic E-state index is 0.149. The van der Waals surface area contributed by atoms with E-state index in [0.717, 1.165) is 36.3 Å². The molecule has 3 fully saturated rings. The van der Waals surface area contributed by atoms with E-state index < -0.39 is 17.8 Å². The molecule has 3 saturated carbocycles. The molecule has 3 aliphatic rings. The van der Waals surface area contributed by atoms with Crippen molar-refractivity contribution in [1.82, 2.24) is 0 Å². The van der Waals surface area contributed by atoms with E-state index in [2.05, 4.69) is 32.6 Å². The maximum atomic E-state index is 10.4. The highest BCUT2D eigenvalue weighted by Gasteiger charge is 2.50. The number of allylic oxidation sites excluding steroid dienone is 3. The molecule has 3 aliphatic carbocycles. The van der Waals surface area contributed by atoms with Gasteiger partial charge in [0, 0.05) is 5.92 Å². The first-order valence-electron chi connectivity index (χ1n) is 12.6. The van der Waals surface area contributed by atoms with Crippen LogP contribution in [0.15, 0.2) is 35.5 Å². The first-order valence-corrected chi connectivity index (χ1v) is 12.6. The number of aliphatic hydroxyl groups is 3. The van der Waals surface area contributed by atoms with Crippen molar-refractivity contribution in [2.75, 3.05) is 0 Å². The third-order valence-electron chi connectivity index (χ3n) is 8.97. The summed E-state index contributed by atoms with van der Waals surface area (Å²) >= 11 is 0. The van der Waals surface area contributed by atoms with Crippen molar-refractivity contribution in [2.24, 2.45) is 29.1 Å². The van der Waals surface area contributed by atoms with Crippen LogP contribution < -0.4 is 0 Å². The molecule has 3 nitrogen and oxygen atoms in total. The van der Waals surface area contributed by atoms with E-state index in [4.69, 9.17) is 0 Å². The highest BCUT2D eigenvalue weighted by molar-refractivity contribution is 5.39. The van der Waals surface area contributed by atoms with Crippen molar-refractivity contribution in [3.8, 4) is 0 Å². The van der Waals surface area contributed by atoms with E-state index in [-0.39, 0.29) is 5.92 Å². The molecule has 0 spiro atoms. The van der Waals surface area contributed by atoms with Gasteiger partial charge in [-0.2, -0.15) is 0 Å². The maximum Gasteiger partial charge on any atom is 0.0837 e. The van der Waals surface area contributed by atoms with Gasteiger partial charge in [0.25, 0.3) is 0 Å². The van der Waals surface area contributed by atoms with Crippen LogP contribution in [0.1, 0.15) is 92.4 Å². The summed E-state index contributed by atoms with van der Waals surface area (Å²) in [5.74, 6) is 1.94. The van der Waals surface area contributed by atoms with E-state index in [1.54, 1.807) is 5.57 Å². The zero-order chi connectivity index (χ0) is 23.0. The summed E-state index contributed by atoms with van der Waals surface area (Å²) in [5.41, 5.74) is 3.15. The van der Waals surface area contributed by atoms with Crippen molar-refractivity contribution in [1.29, 1.82) is 0 Å². The Balaban J connectivity index is 1.71. The molecular formula is C28H46O3. The lowest BCUT2D eigenvalue weighted by molar-refractivity contribution is 0.0283. The molecule has 7 atom stereocenters. The second-order valence-corrected chi connectivity index (χ2v) is 11.8. The Labute approximate surface area is 190 Å². The summed E-state index contributed by atoms with van der Waals surface area (Å²) in [5, 5.41) is 30.7. The second-order valence-electron chi connectivity index (χ2n) is 11.8. The molecule has 0 unspecified atom stereocenters. The smallest absolute Gasteiger partial charge is 0.0837 e. The van der Waals surface area contributed by atoms with Crippen LogP contribution in [-0.2, 0) is 0 Å². The van der Waals surface area contributed by atoms with Gasteiger partial charge >= 0.3 is 0 Å². The summed E-state index contributed by atoms with van der Waals surface area (Å²) in [6.07, 6.45) is 13.4. The van der Waals surface area contributed by atoms with Crippen molar-refractivity contribution >= 4 is 0 Å². The average Bonchev–Trinajstić information content (AvgIpc) is 3.04. The lowest BCUT2D eigenvalue weighted by Gasteiger charge is -2.44. The molecule has 3 rings (SSSR count). The van der Waals surface area contributed by atoms with Crippen LogP contribution >= 0.6 is 0 Å². The molecule has 3 N–H and O–H groups in total. The molecule has 0 aromatic heterocycles. The monoisotopic (exact) mass is 430 g/mol. The van der Waals surface area contributed by atoms with Crippen LogP contribution in [0.4, 0.5) is 0 Å². The van der Waals surface area contributed by atoms with Gasteiger partial charge in [0.2, 0.25) is 0 Å². The maximum absolute atomic E-state index is 10.4. The number of hydrogen-bond acceptors (Lipinski definition) is 3. The molecule has 0 radical (unpaired) electrons. The average molecular weight is 431 g/mol. The normalized spacial score (nSPS) is 40.4. The van der Waals surface area contributed by atoms with E-state index >= 15 is 0 Å². The van der Waals surface area contributed by atoms with Gasteiger partial charge in [-0.3, -0.25) is 0 Å². The molecule has 0 aromatic carbocycles. The zero-order valence-electron chi connectivity index (χ0n) is 20.5. The van der Waals surface area contributed by atoms with Crippen molar-refractivity contribution < 1.29 is 15.3 Å². The van der Waals surface area contributed by atoms with Gasteiger partial charge in [0.15, 0.2) is 0 Å². The van der Waals surface area contributed by atoms with Crippen LogP contribution in [0, 0.1) is 29.1 Å². The SMILES string of the molecule is C=C1C(=CC=C2CCC[C@]3(C)[C@@H]([C@@H](C)CCCC(C)(C)O)CC[C@@H]23)C[C@H](O)[C@@H](C)[C@H]1O. The Morgan fingerprint density at radius 2 is 1.94 bits per heavy atom. The molecule has 0 amide bonds. The molecule has 3 heteroatoms. The van der Waals surface area contributed by atoms with Gasteiger partial charge in [0.05, 0.1) is 17.8 Å². The Morgan fingerprint density at radius 1 is 1.23 bits per heavy atom. The Kier molecular flexibility index (Phi) is 7.61. The van der Waals surface area contributed by atoms with Gasteiger partial charge in [0.1, 0.15) is 0 Å². The lowest BCUT2D eigenvalue weighted by Crippen LogP contribution is -2.36. The summed E-state index contributed by atoms with van der Waals surface area (Å²) < 4.78 is 0. The molecule has 0 bridgehead atoms. The van der Waals surface area contributed by atoms with Crippen molar-refractivity contribution in [3.05, 3.63) is 35.5 Å². The number of aliphatic hydroxyl groups excluding tert-OH is 2. The van der Waals surface area contributed by atoms with Gasteiger partial charge in [-0.1, -0.05) is 57.9 Å². The van der Waals surface area contributed by atoms with Gasteiger partial charge in [-0.15, -0.1) is 0 Å². The fraction of sp³-hybridized carbons (Fsp3) is 0.786. The van der Waals surface area contributed by atoms with Crippen LogP contribution in [0.2, 0.25) is 0 Å². The summed E-state index contributed by atoms with van der Waals surface area (Å²) in [6, 6.07) is 0. The molecule has 0 saturated heterocycles. The molecule has 0 aromatic rings. The molecule has 31 heavy (non-hydrogen) atoms. The molecule has 0 aliphatic heterocycles. The highest BCUT2D eigenvalue weighted by atomic mass is 16.3. The second kappa shape index (κ2) is 9.53. The largest absolute Gasteiger partial charge is 0.392 e. The van der Waals surface area contributed by atoms with Gasteiger partial charge < -0.3 is 15.3 Å². The highest BCUT2D eigenvalue weighted by Crippen LogP contribution is 2.60.